The van der Waals surface area contributed by atoms with Crippen LogP contribution < -0.4 is 5.73 Å². The molecular formula is C8H9ClN2O. The van der Waals surface area contributed by atoms with Gasteiger partial charge in [-0.1, -0.05) is 11.6 Å². The zero-order chi connectivity index (χ0) is 9.14. The number of aromatic nitrogens is 1. The maximum Gasteiger partial charge on any atom is 0.177 e. The van der Waals surface area contributed by atoms with Gasteiger partial charge >= 0.3 is 0 Å². The Hall–Kier alpha value is -0.930. The summed E-state index contributed by atoms with van der Waals surface area (Å²) in [6.45, 7) is 1.80. The third kappa shape index (κ3) is 1.81. The zero-order valence-corrected chi connectivity index (χ0v) is 7.43. The maximum absolute atomic E-state index is 11.1. The predicted octanol–water partition coefficient (Wildman–Crippen LogP) is 1.18. The summed E-state index contributed by atoms with van der Waals surface area (Å²) < 4.78 is 0. The van der Waals surface area contributed by atoms with E-state index in [9.17, 15) is 4.79 Å². The summed E-state index contributed by atoms with van der Waals surface area (Å²) in [7, 11) is 0. The summed E-state index contributed by atoms with van der Waals surface area (Å²) in [4.78, 5) is 14.9. The van der Waals surface area contributed by atoms with Crippen LogP contribution in [0, 0.1) is 6.92 Å². The standard InChI is InChI=1S/C8H9ClN2O/c1-5-2-6(7(12)3-10)4-11-8(5)9/h2,4H,3,10H2,1H3. The molecule has 0 saturated carbocycles. The first-order valence-corrected chi connectivity index (χ1v) is 3.88. The molecule has 12 heavy (non-hydrogen) atoms. The first-order valence-electron chi connectivity index (χ1n) is 3.50. The van der Waals surface area contributed by atoms with Gasteiger partial charge in [0.25, 0.3) is 0 Å². The predicted molar refractivity (Wildman–Crippen MR) is 47.4 cm³/mol. The largest absolute Gasteiger partial charge is 0.324 e. The van der Waals surface area contributed by atoms with Crippen molar-refractivity contribution in [3.05, 3.63) is 28.5 Å². The molecule has 2 N–H and O–H groups in total. The van der Waals surface area contributed by atoms with Crippen molar-refractivity contribution >= 4 is 17.4 Å². The van der Waals surface area contributed by atoms with Gasteiger partial charge < -0.3 is 5.73 Å². The van der Waals surface area contributed by atoms with E-state index in [2.05, 4.69) is 4.98 Å². The van der Waals surface area contributed by atoms with Crippen LogP contribution in [0.25, 0.3) is 0 Å². The van der Waals surface area contributed by atoms with Crippen LogP contribution in [0.1, 0.15) is 15.9 Å². The Balaban J connectivity index is 3.05. The molecule has 0 aliphatic heterocycles. The van der Waals surface area contributed by atoms with Crippen molar-refractivity contribution in [3.8, 4) is 0 Å². The van der Waals surface area contributed by atoms with Crippen LogP contribution in [-0.2, 0) is 0 Å². The Bertz CT molecular complexity index is 312. The van der Waals surface area contributed by atoms with Gasteiger partial charge in [0.2, 0.25) is 0 Å². The van der Waals surface area contributed by atoms with Crippen LogP contribution in [-0.4, -0.2) is 17.3 Å². The molecule has 0 unspecified atom stereocenters. The van der Waals surface area contributed by atoms with Crippen LogP contribution in [0.2, 0.25) is 5.15 Å². The molecule has 0 fully saturated rings. The normalized spacial score (nSPS) is 9.92. The minimum Gasteiger partial charge on any atom is -0.324 e. The number of aryl methyl sites for hydroxylation is 1. The van der Waals surface area contributed by atoms with Gasteiger partial charge in [-0.3, -0.25) is 4.79 Å². The fourth-order valence-electron chi connectivity index (χ4n) is 0.828. The van der Waals surface area contributed by atoms with E-state index in [0.29, 0.717) is 10.7 Å². The molecule has 3 nitrogen and oxygen atoms in total. The second-order valence-corrected chi connectivity index (χ2v) is 2.82. The molecule has 1 aromatic heterocycles. The highest BCUT2D eigenvalue weighted by atomic mass is 35.5. The summed E-state index contributed by atoms with van der Waals surface area (Å²) in [6.07, 6.45) is 1.44. The molecule has 1 heterocycles. The summed E-state index contributed by atoms with van der Waals surface area (Å²) in [5.74, 6) is -0.123. The van der Waals surface area contributed by atoms with Crippen molar-refractivity contribution < 1.29 is 4.79 Å². The zero-order valence-electron chi connectivity index (χ0n) is 6.67. The quantitative estimate of drug-likeness (QED) is 0.555. The number of Topliss-reactive ketones (excluding diaryl/α,β-unsaturated/α-hetero) is 1. The van der Waals surface area contributed by atoms with Gasteiger partial charge in [-0.25, -0.2) is 4.98 Å². The minimum absolute atomic E-state index is 0.00273. The Labute approximate surface area is 75.6 Å². The van der Waals surface area contributed by atoms with Gasteiger partial charge in [0.1, 0.15) is 5.15 Å². The van der Waals surface area contributed by atoms with Crippen molar-refractivity contribution in [2.45, 2.75) is 6.92 Å². The lowest BCUT2D eigenvalue weighted by Gasteiger charge is -1.99. The summed E-state index contributed by atoms with van der Waals surface area (Å²) in [6, 6.07) is 1.69. The highest BCUT2D eigenvalue weighted by Gasteiger charge is 2.05. The monoisotopic (exact) mass is 184 g/mol. The average Bonchev–Trinajstić information content (AvgIpc) is 2.08. The molecule has 64 valence electrons. The molecule has 0 aromatic carbocycles. The number of ketones is 1. The fraction of sp³-hybridized carbons (Fsp3) is 0.250. The number of nitrogens with two attached hydrogens (primary N) is 1. The molecular weight excluding hydrogens is 176 g/mol. The third-order valence-electron chi connectivity index (χ3n) is 1.52. The summed E-state index contributed by atoms with van der Waals surface area (Å²) in [5.41, 5.74) is 6.48. The van der Waals surface area contributed by atoms with Gasteiger partial charge in [-0.05, 0) is 18.6 Å². The van der Waals surface area contributed by atoms with Crippen molar-refractivity contribution in [3.63, 3.8) is 0 Å². The van der Waals surface area contributed by atoms with Crippen LogP contribution >= 0.6 is 11.6 Å². The highest BCUT2D eigenvalue weighted by Crippen LogP contribution is 2.12. The minimum atomic E-state index is -0.123. The van der Waals surface area contributed by atoms with E-state index in [1.54, 1.807) is 13.0 Å². The van der Waals surface area contributed by atoms with Gasteiger partial charge in [0.05, 0.1) is 6.54 Å². The van der Waals surface area contributed by atoms with Crippen molar-refractivity contribution in [2.75, 3.05) is 6.54 Å². The number of nitrogens with zero attached hydrogens (tertiary/aromatic N) is 1. The Morgan fingerprint density at radius 3 is 2.92 bits per heavy atom. The summed E-state index contributed by atoms with van der Waals surface area (Å²) >= 11 is 5.67. The van der Waals surface area contributed by atoms with E-state index in [0.717, 1.165) is 5.56 Å². The first kappa shape index (κ1) is 9.16. The SMILES string of the molecule is Cc1cc(C(=O)CN)cnc1Cl. The molecule has 1 rings (SSSR count). The van der Waals surface area contributed by atoms with Crippen molar-refractivity contribution in [1.82, 2.24) is 4.98 Å². The van der Waals surface area contributed by atoms with Crippen molar-refractivity contribution in [1.29, 1.82) is 0 Å². The fourth-order valence-corrected chi connectivity index (χ4v) is 0.932. The average molecular weight is 185 g/mol. The van der Waals surface area contributed by atoms with E-state index in [-0.39, 0.29) is 12.3 Å². The number of halogens is 1. The molecule has 4 heteroatoms. The Kier molecular flexibility index (Phi) is 2.78. The number of carbonyl (C=O) groups is 1. The lowest BCUT2D eigenvalue weighted by molar-refractivity contribution is 0.100. The lowest BCUT2D eigenvalue weighted by atomic mass is 10.1. The van der Waals surface area contributed by atoms with E-state index in [1.807, 2.05) is 0 Å². The Morgan fingerprint density at radius 1 is 1.75 bits per heavy atom. The highest BCUT2D eigenvalue weighted by molar-refractivity contribution is 6.30. The third-order valence-corrected chi connectivity index (χ3v) is 1.92. The maximum atomic E-state index is 11.1. The van der Waals surface area contributed by atoms with E-state index in [4.69, 9.17) is 17.3 Å². The second kappa shape index (κ2) is 3.65. The van der Waals surface area contributed by atoms with Crippen LogP contribution in [0.15, 0.2) is 12.3 Å². The number of hydrogen-bond acceptors (Lipinski definition) is 3. The van der Waals surface area contributed by atoms with Gasteiger partial charge in [0, 0.05) is 11.8 Å². The molecule has 0 spiro atoms. The molecule has 0 saturated heterocycles. The smallest absolute Gasteiger partial charge is 0.177 e. The lowest BCUT2D eigenvalue weighted by Crippen LogP contribution is -2.13. The molecule has 0 aliphatic rings. The second-order valence-electron chi connectivity index (χ2n) is 2.46. The molecule has 0 atom stereocenters. The number of hydrogen-bond donors (Lipinski definition) is 1. The van der Waals surface area contributed by atoms with Gasteiger partial charge in [-0.2, -0.15) is 0 Å². The molecule has 0 radical (unpaired) electrons. The molecule has 1 aromatic rings. The molecule has 0 bridgehead atoms. The first-order chi connectivity index (χ1) is 5.65. The van der Waals surface area contributed by atoms with Crippen LogP contribution in [0.4, 0.5) is 0 Å². The topological polar surface area (TPSA) is 56.0 Å². The Morgan fingerprint density at radius 2 is 2.42 bits per heavy atom. The molecule has 0 amide bonds. The molecule has 0 aliphatic carbocycles. The van der Waals surface area contributed by atoms with Gasteiger partial charge in [-0.15, -0.1) is 0 Å². The number of pyridine rings is 1. The van der Waals surface area contributed by atoms with Crippen molar-refractivity contribution in [2.24, 2.45) is 5.73 Å². The van der Waals surface area contributed by atoms with Crippen LogP contribution in [0.3, 0.4) is 0 Å². The van der Waals surface area contributed by atoms with E-state index in [1.165, 1.54) is 6.20 Å². The van der Waals surface area contributed by atoms with Gasteiger partial charge in [0.15, 0.2) is 5.78 Å². The summed E-state index contributed by atoms with van der Waals surface area (Å²) in [5, 5.41) is 0.420. The van der Waals surface area contributed by atoms with E-state index >= 15 is 0 Å². The van der Waals surface area contributed by atoms with Crippen LogP contribution in [0.5, 0.6) is 0 Å². The van der Waals surface area contributed by atoms with E-state index < -0.39 is 0 Å². The number of rotatable bonds is 2. The number of carbonyl (C=O) groups excluding carboxylic acids is 1.